The van der Waals surface area contributed by atoms with Gasteiger partial charge in [-0.25, -0.2) is 9.37 Å². The summed E-state index contributed by atoms with van der Waals surface area (Å²) in [6, 6.07) is 11.2. The van der Waals surface area contributed by atoms with Crippen molar-refractivity contribution in [2.24, 2.45) is 0 Å². The van der Waals surface area contributed by atoms with Crippen LogP contribution in [-0.4, -0.2) is 19.7 Å². The summed E-state index contributed by atoms with van der Waals surface area (Å²) < 4.78 is 37.7. The molecule has 0 aliphatic heterocycles. The molecule has 6 nitrogen and oxygen atoms in total. The highest BCUT2D eigenvalue weighted by atomic mass is 32.2. The third-order valence-corrected chi connectivity index (χ3v) is 5.00. The fourth-order valence-corrected chi connectivity index (χ4v) is 3.60. The minimum atomic E-state index is -2.71. The van der Waals surface area contributed by atoms with E-state index in [1.807, 2.05) is 0 Å². The summed E-state index contributed by atoms with van der Waals surface area (Å²) in [6.45, 7) is 1.80. The van der Waals surface area contributed by atoms with Gasteiger partial charge in [-0.3, -0.25) is 18.6 Å². The Bertz CT molecular complexity index is 960. The topological polar surface area (TPSA) is 85.4 Å². The number of aromatic nitrogens is 1. The molecule has 3 rings (SSSR count). The van der Waals surface area contributed by atoms with E-state index in [2.05, 4.69) is 10.3 Å². The Morgan fingerprint density at radius 3 is 2.54 bits per heavy atom. The summed E-state index contributed by atoms with van der Waals surface area (Å²) in [5.41, 5.74) is 1.28. The van der Waals surface area contributed by atoms with Crippen LogP contribution in [0.4, 0.5) is 20.9 Å². The standard InChI is InChI=1S/C17H14FN3O3S2/c1-11-10-25-17(19-11)20-16(22)14-4-2-3-5-15(14)21(26(23)24)13-8-6-12(18)7-9-13/h2-10H,1H3,(H,23,24)(H,19,20,22)/p-1. The van der Waals surface area contributed by atoms with Crippen molar-refractivity contribution in [3.05, 3.63) is 71.0 Å². The van der Waals surface area contributed by atoms with Crippen molar-refractivity contribution in [1.29, 1.82) is 0 Å². The van der Waals surface area contributed by atoms with Gasteiger partial charge in [-0.05, 0) is 43.3 Å². The fraction of sp³-hybridized carbons (Fsp3) is 0.0588. The average molecular weight is 390 g/mol. The van der Waals surface area contributed by atoms with Crippen LogP contribution in [0.15, 0.2) is 53.9 Å². The van der Waals surface area contributed by atoms with Gasteiger partial charge in [0.1, 0.15) is 5.82 Å². The number of halogens is 1. The summed E-state index contributed by atoms with van der Waals surface area (Å²) in [6.07, 6.45) is 0. The maximum Gasteiger partial charge on any atom is 0.259 e. The number of amides is 1. The number of nitrogens with zero attached hydrogens (tertiary/aromatic N) is 2. The minimum Gasteiger partial charge on any atom is -0.755 e. The molecule has 0 radical (unpaired) electrons. The maximum absolute atomic E-state index is 13.2. The molecule has 1 amide bonds. The van der Waals surface area contributed by atoms with Gasteiger partial charge in [0, 0.05) is 5.38 Å². The van der Waals surface area contributed by atoms with Gasteiger partial charge < -0.3 is 4.55 Å². The molecule has 0 aliphatic rings. The molecule has 0 bridgehead atoms. The van der Waals surface area contributed by atoms with Gasteiger partial charge in [-0.1, -0.05) is 12.1 Å². The largest absolute Gasteiger partial charge is 0.755 e. The van der Waals surface area contributed by atoms with E-state index in [4.69, 9.17) is 0 Å². The molecular formula is C17H13FN3O3S2-. The van der Waals surface area contributed by atoms with Gasteiger partial charge in [-0.15, -0.1) is 11.3 Å². The molecule has 1 heterocycles. The van der Waals surface area contributed by atoms with E-state index in [0.29, 0.717) is 5.13 Å². The lowest BCUT2D eigenvalue weighted by molar-refractivity contribution is 0.102. The molecule has 26 heavy (non-hydrogen) atoms. The summed E-state index contributed by atoms with van der Waals surface area (Å²) in [5.74, 6) is -0.983. The van der Waals surface area contributed by atoms with Crippen molar-refractivity contribution in [3.8, 4) is 0 Å². The van der Waals surface area contributed by atoms with Gasteiger partial charge in [-0.2, -0.15) is 0 Å². The van der Waals surface area contributed by atoms with E-state index in [1.165, 1.54) is 35.6 Å². The quantitative estimate of drug-likeness (QED) is 0.672. The number of carbonyl (C=O) groups is 1. The van der Waals surface area contributed by atoms with Crippen molar-refractivity contribution >= 4 is 45.0 Å². The maximum atomic E-state index is 13.2. The second kappa shape index (κ2) is 7.73. The highest BCUT2D eigenvalue weighted by molar-refractivity contribution is 7.81. The monoisotopic (exact) mass is 390 g/mol. The predicted octanol–water partition coefficient (Wildman–Crippen LogP) is 3.78. The molecule has 0 spiro atoms. The van der Waals surface area contributed by atoms with Crippen LogP contribution in [0, 0.1) is 12.7 Å². The number of aryl methyl sites for hydroxylation is 1. The lowest BCUT2D eigenvalue weighted by Crippen LogP contribution is -2.23. The number of thiazole rings is 1. The Kier molecular flexibility index (Phi) is 5.40. The van der Waals surface area contributed by atoms with Gasteiger partial charge in [0.05, 0.1) is 33.9 Å². The van der Waals surface area contributed by atoms with E-state index < -0.39 is 23.0 Å². The molecule has 2 aromatic carbocycles. The molecule has 1 aromatic heterocycles. The zero-order chi connectivity index (χ0) is 18.7. The Hall–Kier alpha value is -2.62. The molecule has 0 saturated heterocycles. The molecular weight excluding hydrogens is 377 g/mol. The predicted molar refractivity (Wildman–Crippen MR) is 98.7 cm³/mol. The molecule has 0 fully saturated rings. The van der Waals surface area contributed by atoms with Gasteiger partial charge in [0.2, 0.25) is 0 Å². The normalized spacial score (nSPS) is 11.8. The number of carbonyl (C=O) groups excluding carboxylic acids is 1. The van der Waals surface area contributed by atoms with Crippen molar-refractivity contribution in [1.82, 2.24) is 4.98 Å². The van der Waals surface area contributed by atoms with Crippen molar-refractivity contribution < 1.29 is 17.9 Å². The molecule has 0 saturated carbocycles. The Balaban J connectivity index is 1.99. The lowest BCUT2D eigenvalue weighted by atomic mass is 10.1. The Labute approximate surface area is 155 Å². The number of hydrogen-bond acceptors (Lipinski definition) is 5. The van der Waals surface area contributed by atoms with Crippen LogP contribution in [0.3, 0.4) is 0 Å². The van der Waals surface area contributed by atoms with Gasteiger partial charge in [0.25, 0.3) is 5.91 Å². The van der Waals surface area contributed by atoms with Crippen LogP contribution in [0.5, 0.6) is 0 Å². The van der Waals surface area contributed by atoms with Gasteiger partial charge >= 0.3 is 0 Å². The van der Waals surface area contributed by atoms with Gasteiger partial charge in [0.15, 0.2) is 5.13 Å². The van der Waals surface area contributed by atoms with E-state index >= 15 is 0 Å². The molecule has 3 aromatic rings. The van der Waals surface area contributed by atoms with E-state index in [0.717, 1.165) is 22.1 Å². The zero-order valence-electron chi connectivity index (χ0n) is 13.5. The van der Waals surface area contributed by atoms with E-state index in [9.17, 15) is 17.9 Å². The summed E-state index contributed by atoms with van der Waals surface area (Å²) in [5, 5.41) is 4.86. The number of nitrogens with one attached hydrogen (secondary N) is 1. The lowest BCUT2D eigenvalue weighted by Gasteiger charge is -2.28. The summed E-state index contributed by atoms with van der Waals surface area (Å²) in [4.78, 5) is 16.8. The fourth-order valence-electron chi connectivity index (χ4n) is 2.30. The zero-order valence-corrected chi connectivity index (χ0v) is 15.1. The SMILES string of the molecule is Cc1csc(NC(=O)c2ccccc2N(c2ccc(F)cc2)S(=O)[O-])n1. The molecule has 0 aliphatic carbocycles. The number of rotatable bonds is 5. The number of para-hydroxylation sites is 1. The number of anilines is 3. The first kappa shape index (κ1) is 18.2. The summed E-state index contributed by atoms with van der Waals surface area (Å²) >= 11 is -1.44. The van der Waals surface area contributed by atoms with Crippen molar-refractivity contribution in [2.75, 3.05) is 9.62 Å². The van der Waals surface area contributed by atoms with Crippen LogP contribution < -0.4 is 9.62 Å². The van der Waals surface area contributed by atoms with Crippen LogP contribution in [0.1, 0.15) is 16.1 Å². The van der Waals surface area contributed by atoms with E-state index in [1.54, 1.807) is 24.4 Å². The number of benzene rings is 2. The van der Waals surface area contributed by atoms with E-state index in [-0.39, 0.29) is 16.9 Å². The van der Waals surface area contributed by atoms with Crippen molar-refractivity contribution in [3.63, 3.8) is 0 Å². The van der Waals surface area contributed by atoms with Crippen LogP contribution in [0.25, 0.3) is 0 Å². The first-order valence-electron chi connectivity index (χ1n) is 7.43. The first-order valence-corrected chi connectivity index (χ1v) is 9.34. The number of hydrogen-bond donors (Lipinski definition) is 1. The Morgan fingerprint density at radius 2 is 1.92 bits per heavy atom. The summed E-state index contributed by atoms with van der Waals surface area (Å²) in [7, 11) is 0. The third kappa shape index (κ3) is 3.96. The highest BCUT2D eigenvalue weighted by Gasteiger charge is 2.19. The van der Waals surface area contributed by atoms with Crippen LogP contribution in [-0.2, 0) is 11.3 Å². The average Bonchev–Trinajstić information content (AvgIpc) is 3.02. The Morgan fingerprint density at radius 1 is 1.23 bits per heavy atom. The minimum absolute atomic E-state index is 0.147. The highest BCUT2D eigenvalue weighted by Crippen LogP contribution is 2.30. The molecule has 9 heteroatoms. The van der Waals surface area contributed by atoms with Crippen LogP contribution >= 0.6 is 11.3 Å². The second-order valence-electron chi connectivity index (χ2n) is 5.25. The molecule has 134 valence electrons. The second-order valence-corrected chi connectivity index (χ2v) is 6.91. The first-order chi connectivity index (χ1) is 12.5. The third-order valence-electron chi connectivity index (χ3n) is 3.42. The smallest absolute Gasteiger partial charge is 0.259 e. The molecule has 1 N–H and O–H groups in total. The molecule has 1 atom stereocenters. The van der Waals surface area contributed by atoms with Crippen LogP contribution in [0.2, 0.25) is 0 Å². The molecule has 1 unspecified atom stereocenters. The van der Waals surface area contributed by atoms with Crippen molar-refractivity contribution in [2.45, 2.75) is 6.92 Å².